The normalized spacial score (nSPS) is 13.3. The Labute approximate surface area is 144 Å². The molecule has 8 heteroatoms. The molecule has 3 rings (SSSR count). The van der Waals surface area contributed by atoms with Crippen molar-refractivity contribution in [3.8, 4) is 11.5 Å². The minimum absolute atomic E-state index is 0.0129. The number of hydrogen-bond donors (Lipinski definition) is 1. The largest absolute Gasteiger partial charge is 0.486 e. The first-order valence-corrected chi connectivity index (χ1v) is 9.27. The molecule has 1 amide bonds. The van der Waals surface area contributed by atoms with Crippen molar-refractivity contribution >= 4 is 21.4 Å². The van der Waals surface area contributed by atoms with Gasteiger partial charge in [0.25, 0.3) is 0 Å². The van der Waals surface area contributed by atoms with Crippen LogP contribution in [0.25, 0.3) is 0 Å². The van der Waals surface area contributed by atoms with Gasteiger partial charge in [-0.25, -0.2) is 12.8 Å². The molecule has 0 spiro atoms. The first-order valence-electron chi connectivity index (χ1n) is 7.62. The van der Waals surface area contributed by atoms with Gasteiger partial charge in [0.05, 0.1) is 10.6 Å². The molecule has 132 valence electrons. The average Bonchev–Trinajstić information content (AvgIpc) is 2.60. The van der Waals surface area contributed by atoms with Crippen LogP contribution in [0.15, 0.2) is 47.4 Å². The lowest BCUT2D eigenvalue weighted by Gasteiger charge is -2.19. The Morgan fingerprint density at radius 1 is 1.04 bits per heavy atom. The maximum atomic E-state index is 12.9. The lowest BCUT2D eigenvalue weighted by Crippen LogP contribution is -2.18. The molecule has 0 radical (unpaired) electrons. The summed E-state index contributed by atoms with van der Waals surface area (Å²) in [5.41, 5.74) is 0.494. The molecule has 0 saturated heterocycles. The molecule has 0 saturated carbocycles. The predicted molar refractivity (Wildman–Crippen MR) is 89.1 cm³/mol. The van der Waals surface area contributed by atoms with Gasteiger partial charge in [0.2, 0.25) is 5.91 Å². The molecule has 0 atom stereocenters. The number of amides is 1. The Morgan fingerprint density at radius 3 is 2.44 bits per heavy atom. The fraction of sp³-hybridized carbons (Fsp3) is 0.235. The summed E-state index contributed by atoms with van der Waals surface area (Å²) in [4.78, 5) is 12.0. The molecule has 1 heterocycles. The molecular weight excluding hydrogens is 349 g/mol. The summed E-state index contributed by atoms with van der Waals surface area (Å²) < 4.78 is 48.0. The highest BCUT2D eigenvalue weighted by molar-refractivity contribution is 7.91. The first-order chi connectivity index (χ1) is 11.9. The van der Waals surface area contributed by atoms with Crippen LogP contribution in [-0.4, -0.2) is 33.3 Å². The van der Waals surface area contributed by atoms with Gasteiger partial charge >= 0.3 is 0 Å². The standard InChI is InChI=1S/C17H16FNO5S/c18-12-1-4-14(5-2-12)25(21,22)10-7-17(20)19-13-3-6-15-16(11-13)24-9-8-23-15/h1-6,11H,7-10H2,(H,19,20). The second-order valence-corrected chi connectivity index (χ2v) is 7.54. The van der Waals surface area contributed by atoms with Crippen LogP contribution in [0.1, 0.15) is 6.42 Å². The Bertz CT molecular complexity index is 880. The zero-order valence-electron chi connectivity index (χ0n) is 13.2. The van der Waals surface area contributed by atoms with Crippen molar-refractivity contribution in [3.05, 3.63) is 48.3 Å². The first kappa shape index (κ1) is 17.2. The monoisotopic (exact) mass is 365 g/mol. The molecular formula is C17H16FNO5S. The van der Waals surface area contributed by atoms with Crippen molar-refractivity contribution in [1.82, 2.24) is 0 Å². The van der Waals surface area contributed by atoms with Crippen LogP contribution < -0.4 is 14.8 Å². The maximum absolute atomic E-state index is 12.9. The summed E-state index contributed by atoms with van der Waals surface area (Å²) in [5.74, 6) is -0.196. The van der Waals surface area contributed by atoms with E-state index >= 15 is 0 Å². The SMILES string of the molecule is O=C(CCS(=O)(=O)c1ccc(F)cc1)Nc1ccc2c(c1)OCCO2. The second kappa shape index (κ2) is 7.10. The van der Waals surface area contributed by atoms with Crippen molar-refractivity contribution in [2.75, 3.05) is 24.3 Å². The molecule has 0 unspecified atom stereocenters. The second-order valence-electron chi connectivity index (χ2n) is 5.43. The molecule has 1 aliphatic rings. The van der Waals surface area contributed by atoms with E-state index in [1.54, 1.807) is 18.2 Å². The Morgan fingerprint density at radius 2 is 1.72 bits per heavy atom. The van der Waals surface area contributed by atoms with Gasteiger partial charge in [0.1, 0.15) is 19.0 Å². The number of nitrogens with one attached hydrogen (secondary N) is 1. The predicted octanol–water partition coefficient (Wildman–Crippen LogP) is 2.40. The van der Waals surface area contributed by atoms with Crippen LogP contribution in [0, 0.1) is 5.82 Å². The molecule has 1 aliphatic heterocycles. The Balaban J connectivity index is 1.60. The molecule has 1 N–H and O–H groups in total. The van der Waals surface area contributed by atoms with Crippen molar-refractivity contribution in [1.29, 1.82) is 0 Å². The number of halogens is 1. The fourth-order valence-electron chi connectivity index (χ4n) is 2.33. The van der Waals surface area contributed by atoms with Crippen molar-refractivity contribution in [2.24, 2.45) is 0 Å². The summed E-state index contributed by atoms with van der Waals surface area (Å²) >= 11 is 0. The molecule has 0 aliphatic carbocycles. The maximum Gasteiger partial charge on any atom is 0.225 e. The van der Waals surface area contributed by atoms with Crippen LogP contribution >= 0.6 is 0 Å². The number of anilines is 1. The summed E-state index contributed by atoms with van der Waals surface area (Å²) in [5, 5.41) is 2.63. The molecule has 0 bridgehead atoms. The van der Waals surface area contributed by atoms with Crippen LogP contribution in [0.3, 0.4) is 0 Å². The lowest BCUT2D eigenvalue weighted by molar-refractivity contribution is -0.115. The third-order valence-electron chi connectivity index (χ3n) is 3.60. The molecule has 0 fully saturated rings. The van der Waals surface area contributed by atoms with Gasteiger partial charge in [0.15, 0.2) is 21.3 Å². The van der Waals surface area contributed by atoms with E-state index < -0.39 is 21.6 Å². The number of carbonyl (C=O) groups is 1. The Kier molecular flexibility index (Phi) is 4.89. The van der Waals surface area contributed by atoms with Gasteiger partial charge in [-0.1, -0.05) is 0 Å². The fourth-order valence-corrected chi connectivity index (χ4v) is 3.57. The van der Waals surface area contributed by atoms with Crippen LogP contribution in [-0.2, 0) is 14.6 Å². The number of rotatable bonds is 5. The van der Waals surface area contributed by atoms with E-state index in [1.165, 1.54) is 12.1 Å². The molecule has 2 aromatic carbocycles. The highest BCUT2D eigenvalue weighted by Gasteiger charge is 2.17. The van der Waals surface area contributed by atoms with E-state index in [-0.39, 0.29) is 17.1 Å². The lowest BCUT2D eigenvalue weighted by atomic mass is 10.2. The van der Waals surface area contributed by atoms with Gasteiger partial charge in [-0.05, 0) is 36.4 Å². The number of fused-ring (bicyclic) bond motifs is 1. The molecule has 25 heavy (non-hydrogen) atoms. The highest BCUT2D eigenvalue weighted by Crippen LogP contribution is 2.32. The van der Waals surface area contributed by atoms with Gasteiger partial charge < -0.3 is 14.8 Å². The zero-order valence-corrected chi connectivity index (χ0v) is 14.0. The van der Waals surface area contributed by atoms with E-state index in [4.69, 9.17) is 9.47 Å². The smallest absolute Gasteiger partial charge is 0.225 e. The number of sulfone groups is 1. The molecule has 2 aromatic rings. The van der Waals surface area contributed by atoms with Crippen LogP contribution in [0.5, 0.6) is 11.5 Å². The summed E-state index contributed by atoms with van der Waals surface area (Å²) in [6.07, 6.45) is -0.214. The van der Waals surface area contributed by atoms with Gasteiger partial charge in [0, 0.05) is 18.2 Å². The number of hydrogen-bond acceptors (Lipinski definition) is 5. The number of ether oxygens (including phenoxy) is 2. The summed E-state index contributed by atoms with van der Waals surface area (Å²) in [7, 11) is -3.65. The average molecular weight is 365 g/mol. The van der Waals surface area contributed by atoms with Crippen LogP contribution in [0.4, 0.5) is 10.1 Å². The van der Waals surface area contributed by atoms with Gasteiger partial charge in [-0.15, -0.1) is 0 Å². The number of carbonyl (C=O) groups excluding carboxylic acids is 1. The van der Waals surface area contributed by atoms with E-state index in [0.29, 0.717) is 30.4 Å². The van der Waals surface area contributed by atoms with Gasteiger partial charge in [-0.3, -0.25) is 4.79 Å². The zero-order chi connectivity index (χ0) is 17.9. The Hall–Kier alpha value is -2.61. The van der Waals surface area contributed by atoms with E-state index in [0.717, 1.165) is 12.1 Å². The summed E-state index contributed by atoms with van der Waals surface area (Å²) in [6.45, 7) is 0.903. The van der Waals surface area contributed by atoms with Crippen molar-refractivity contribution in [3.63, 3.8) is 0 Å². The molecule has 6 nitrogen and oxygen atoms in total. The van der Waals surface area contributed by atoms with Crippen molar-refractivity contribution < 1.29 is 27.1 Å². The third-order valence-corrected chi connectivity index (χ3v) is 5.33. The topological polar surface area (TPSA) is 81.7 Å². The minimum Gasteiger partial charge on any atom is -0.486 e. The van der Waals surface area contributed by atoms with E-state index in [1.807, 2.05) is 0 Å². The molecule has 0 aromatic heterocycles. The van der Waals surface area contributed by atoms with E-state index in [2.05, 4.69) is 5.32 Å². The highest BCUT2D eigenvalue weighted by atomic mass is 32.2. The summed E-state index contributed by atoms with van der Waals surface area (Å²) in [6, 6.07) is 9.47. The van der Waals surface area contributed by atoms with E-state index in [9.17, 15) is 17.6 Å². The quantitative estimate of drug-likeness (QED) is 0.823. The number of benzene rings is 2. The van der Waals surface area contributed by atoms with Crippen LogP contribution in [0.2, 0.25) is 0 Å². The van der Waals surface area contributed by atoms with Crippen molar-refractivity contribution in [2.45, 2.75) is 11.3 Å². The van der Waals surface area contributed by atoms with Gasteiger partial charge in [-0.2, -0.15) is 0 Å². The third kappa shape index (κ3) is 4.27. The minimum atomic E-state index is -3.65.